The van der Waals surface area contributed by atoms with Crippen LogP contribution < -0.4 is 5.32 Å². The largest absolute Gasteiger partial charge is 0.314 e. The second-order valence-electron chi connectivity index (χ2n) is 5.93. The summed E-state index contributed by atoms with van der Waals surface area (Å²) in [6.45, 7) is 6.65. The van der Waals surface area contributed by atoms with Gasteiger partial charge in [-0.1, -0.05) is 12.1 Å². The Balaban J connectivity index is 1.59. The fourth-order valence-electron chi connectivity index (χ4n) is 3.44. The fourth-order valence-corrected chi connectivity index (χ4v) is 3.44. The molecule has 0 saturated carbocycles. The Morgan fingerprint density at radius 1 is 1.35 bits per heavy atom. The third-order valence-electron chi connectivity index (χ3n) is 4.69. The molecule has 1 saturated heterocycles. The van der Waals surface area contributed by atoms with Crippen molar-refractivity contribution in [3.05, 3.63) is 35.1 Å². The third kappa shape index (κ3) is 2.87. The van der Waals surface area contributed by atoms with E-state index in [9.17, 15) is 4.39 Å². The van der Waals surface area contributed by atoms with Crippen molar-refractivity contribution in [1.82, 2.24) is 15.1 Å². The Labute approximate surface area is 120 Å². The first-order valence-electron chi connectivity index (χ1n) is 7.66. The predicted octanol–water partition coefficient (Wildman–Crippen LogP) is 1.65. The Kier molecular flexibility index (Phi) is 4.34. The van der Waals surface area contributed by atoms with Crippen LogP contribution in [0.25, 0.3) is 0 Å². The van der Waals surface area contributed by atoms with Crippen LogP contribution in [0.2, 0.25) is 0 Å². The summed E-state index contributed by atoms with van der Waals surface area (Å²) in [7, 11) is 2.17. The maximum Gasteiger partial charge on any atom is 0.126 e. The topological polar surface area (TPSA) is 18.5 Å². The van der Waals surface area contributed by atoms with E-state index >= 15 is 0 Å². The van der Waals surface area contributed by atoms with Crippen molar-refractivity contribution in [3.8, 4) is 0 Å². The summed E-state index contributed by atoms with van der Waals surface area (Å²) in [6, 6.07) is 5.92. The van der Waals surface area contributed by atoms with Crippen LogP contribution in [-0.4, -0.2) is 56.1 Å². The molecule has 110 valence electrons. The minimum absolute atomic E-state index is 0.0273. The zero-order chi connectivity index (χ0) is 13.9. The van der Waals surface area contributed by atoms with E-state index in [1.807, 2.05) is 6.07 Å². The number of rotatable bonds is 4. The molecule has 1 aromatic rings. The third-order valence-corrected chi connectivity index (χ3v) is 4.69. The van der Waals surface area contributed by atoms with E-state index in [4.69, 9.17) is 0 Å². The monoisotopic (exact) mass is 277 g/mol. The number of likely N-dealkylation sites (N-methyl/N-ethyl adjacent to an activating group) is 1. The van der Waals surface area contributed by atoms with E-state index < -0.39 is 0 Å². The van der Waals surface area contributed by atoms with Crippen LogP contribution in [-0.2, 0) is 6.42 Å². The van der Waals surface area contributed by atoms with Crippen molar-refractivity contribution in [2.75, 3.05) is 46.3 Å². The molecular weight excluding hydrogens is 253 g/mol. The second-order valence-corrected chi connectivity index (χ2v) is 5.93. The first kappa shape index (κ1) is 14.0. The highest BCUT2D eigenvalue weighted by atomic mass is 19.1. The van der Waals surface area contributed by atoms with E-state index in [1.165, 1.54) is 5.56 Å². The molecule has 1 unspecified atom stereocenters. The summed E-state index contributed by atoms with van der Waals surface area (Å²) in [4.78, 5) is 4.90. The van der Waals surface area contributed by atoms with Crippen LogP contribution >= 0.6 is 0 Å². The van der Waals surface area contributed by atoms with Gasteiger partial charge in [0.15, 0.2) is 0 Å². The van der Waals surface area contributed by atoms with Crippen molar-refractivity contribution in [2.45, 2.75) is 18.9 Å². The predicted molar refractivity (Wildman–Crippen MR) is 79.4 cm³/mol. The number of benzene rings is 1. The highest BCUT2D eigenvalue weighted by Crippen LogP contribution is 2.36. The van der Waals surface area contributed by atoms with Crippen molar-refractivity contribution in [3.63, 3.8) is 0 Å². The summed E-state index contributed by atoms with van der Waals surface area (Å²) < 4.78 is 13.8. The smallest absolute Gasteiger partial charge is 0.126 e. The van der Waals surface area contributed by atoms with Gasteiger partial charge < -0.3 is 5.32 Å². The molecule has 1 aliphatic carbocycles. The Morgan fingerprint density at radius 2 is 2.15 bits per heavy atom. The minimum Gasteiger partial charge on any atom is -0.314 e. The summed E-state index contributed by atoms with van der Waals surface area (Å²) in [5.41, 5.74) is 2.14. The molecule has 1 aromatic carbocycles. The standard InChI is InChI=1S/C16H24FN3/c1-19(11-12-20-9-7-18-8-10-20)16-6-5-13-14(16)3-2-4-15(13)17/h2-4,16,18H,5-12H2,1H3. The fraction of sp³-hybridized carbons (Fsp3) is 0.625. The first-order chi connectivity index (χ1) is 9.75. The Bertz CT molecular complexity index is 457. The Hall–Kier alpha value is -0.970. The van der Waals surface area contributed by atoms with Gasteiger partial charge in [-0.25, -0.2) is 4.39 Å². The lowest BCUT2D eigenvalue weighted by Crippen LogP contribution is -2.46. The molecule has 0 spiro atoms. The summed E-state index contributed by atoms with van der Waals surface area (Å²) in [5, 5.41) is 3.38. The van der Waals surface area contributed by atoms with Gasteiger partial charge in [0, 0.05) is 45.3 Å². The number of halogens is 1. The highest BCUT2D eigenvalue weighted by molar-refractivity contribution is 5.35. The van der Waals surface area contributed by atoms with E-state index in [0.717, 1.165) is 57.7 Å². The minimum atomic E-state index is -0.0273. The van der Waals surface area contributed by atoms with Crippen LogP contribution in [0.3, 0.4) is 0 Å². The quantitative estimate of drug-likeness (QED) is 0.903. The van der Waals surface area contributed by atoms with Crippen molar-refractivity contribution < 1.29 is 4.39 Å². The highest BCUT2D eigenvalue weighted by Gasteiger charge is 2.27. The van der Waals surface area contributed by atoms with E-state index in [-0.39, 0.29) is 5.82 Å². The average Bonchev–Trinajstić information content (AvgIpc) is 2.91. The molecule has 0 bridgehead atoms. The zero-order valence-corrected chi connectivity index (χ0v) is 12.2. The number of nitrogens with one attached hydrogen (secondary N) is 1. The number of piperazine rings is 1. The van der Waals surface area contributed by atoms with Crippen molar-refractivity contribution in [1.29, 1.82) is 0 Å². The lowest BCUT2D eigenvalue weighted by Gasteiger charge is -2.31. The molecule has 1 heterocycles. The molecule has 1 fully saturated rings. The van der Waals surface area contributed by atoms with Crippen LogP contribution in [0.4, 0.5) is 4.39 Å². The number of fused-ring (bicyclic) bond motifs is 1. The molecule has 3 nitrogen and oxygen atoms in total. The zero-order valence-electron chi connectivity index (χ0n) is 12.2. The molecule has 1 aliphatic heterocycles. The number of nitrogens with zero attached hydrogens (tertiary/aromatic N) is 2. The van der Waals surface area contributed by atoms with E-state index in [2.05, 4.69) is 28.2 Å². The average molecular weight is 277 g/mol. The van der Waals surface area contributed by atoms with Gasteiger partial charge >= 0.3 is 0 Å². The van der Waals surface area contributed by atoms with E-state index in [0.29, 0.717) is 6.04 Å². The van der Waals surface area contributed by atoms with Gasteiger partial charge in [-0.15, -0.1) is 0 Å². The molecule has 1 N–H and O–H groups in total. The first-order valence-corrected chi connectivity index (χ1v) is 7.66. The van der Waals surface area contributed by atoms with Gasteiger partial charge in [0.1, 0.15) is 5.82 Å². The van der Waals surface area contributed by atoms with Crippen LogP contribution in [0.15, 0.2) is 18.2 Å². The molecule has 4 heteroatoms. The van der Waals surface area contributed by atoms with Gasteiger partial charge in [-0.05, 0) is 37.1 Å². The van der Waals surface area contributed by atoms with Crippen LogP contribution in [0.1, 0.15) is 23.6 Å². The summed E-state index contributed by atoms with van der Waals surface area (Å²) in [5.74, 6) is -0.0273. The van der Waals surface area contributed by atoms with Crippen molar-refractivity contribution in [2.24, 2.45) is 0 Å². The molecule has 0 amide bonds. The van der Waals surface area contributed by atoms with Crippen LogP contribution in [0.5, 0.6) is 0 Å². The Morgan fingerprint density at radius 3 is 2.95 bits per heavy atom. The van der Waals surface area contributed by atoms with Crippen LogP contribution in [0, 0.1) is 5.82 Å². The SMILES string of the molecule is CN(CCN1CCNCC1)C1CCc2c(F)cccc21. The van der Waals surface area contributed by atoms with Gasteiger partial charge in [0.05, 0.1) is 0 Å². The van der Waals surface area contributed by atoms with Gasteiger partial charge in [-0.2, -0.15) is 0 Å². The number of hydrogen-bond acceptors (Lipinski definition) is 3. The molecule has 0 radical (unpaired) electrons. The lowest BCUT2D eigenvalue weighted by molar-refractivity contribution is 0.176. The summed E-state index contributed by atoms with van der Waals surface area (Å²) >= 11 is 0. The normalized spacial score (nSPS) is 23.2. The maximum atomic E-state index is 13.8. The number of hydrogen-bond donors (Lipinski definition) is 1. The van der Waals surface area contributed by atoms with Gasteiger partial charge in [0.2, 0.25) is 0 Å². The molecule has 3 rings (SSSR count). The maximum absolute atomic E-state index is 13.8. The molecule has 2 aliphatic rings. The summed E-state index contributed by atoms with van der Waals surface area (Å²) in [6.07, 6.45) is 1.93. The lowest BCUT2D eigenvalue weighted by atomic mass is 10.1. The van der Waals surface area contributed by atoms with Gasteiger partial charge in [-0.3, -0.25) is 9.80 Å². The molecule has 1 atom stereocenters. The van der Waals surface area contributed by atoms with E-state index in [1.54, 1.807) is 6.07 Å². The molecule has 20 heavy (non-hydrogen) atoms. The molecule has 0 aromatic heterocycles. The van der Waals surface area contributed by atoms with Gasteiger partial charge in [0.25, 0.3) is 0 Å². The van der Waals surface area contributed by atoms with Crippen molar-refractivity contribution >= 4 is 0 Å². The second kappa shape index (κ2) is 6.20. The molecular formula is C16H24FN3.